The average molecular weight is 368 g/mol. The molecule has 1 heterocycles. The molecule has 7 nitrogen and oxygen atoms in total. The van der Waals surface area contributed by atoms with Crippen molar-refractivity contribution in [3.63, 3.8) is 0 Å². The highest BCUT2D eigenvalue weighted by Crippen LogP contribution is 2.05. The molecule has 2 amide bonds. The molecule has 0 radical (unpaired) electrons. The second-order valence-corrected chi connectivity index (χ2v) is 4.92. The van der Waals surface area contributed by atoms with Crippen LogP contribution in [0.2, 0.25) is 0 Å². The SMILES string of the molecule is CNCCNC(=O)c1nccnc1C(=O)NCc1ccc(F)cc1.Cl. The fourth-order valence-electron chi connectivity index (χ4n) is 1.92. The summed E-state index contributed by atoms with van der Waals surface area (Å²) in [5, 5.41) is 8.19. The fourth-order valence-corrected chi connectivity index (χ4v) is 1.92. The van der Waals surface area contributed by atoms with Gasteiger partial charge in [0.25, 0.3) is 11.8 Å². The van der Waals surface area contributed by atoms with E-state index >= 15 is 0 Å². The van der Waals surface area contributed by atoms with E-state index in [0.29, 0.717) is 13.1 Å². The van der Waals surface area contributed by atoms with Crippen molar-refractivity contribution in [3.8, 4) is 0 Å². The quantitative estimate of drug-likeness (QED) is 0.632. The summed E-state index contributed by atoms with van der Waals surface area (Å²) in [6.07, 6.45) is 2.70. The summed E-state index contributed by atoms with van der Waals surface area (Å²) in [4.78, 5) is 32.2. The van der Waals surface area contributed by atoms with Crippen molar-refractivity contribution in [2.45, 2.75) is 6.54 Å². The minimum Gasteiger partial charge on any atom is -0.349 e. The summed E-state index contributed by atoms with van der Waals surface area (Å²) in [7, 11) is 1.77. The van der Waals surface area contributed by atoms with E-state index in [-0.39, 0.29) is 36.2 Å². The molecule has 0 unspecified atom stereocenters. The summed E-state index contributed by atoms with van der Waals surface area (Å²) >= 11 is 0. The van der Waals surface area contributed by atoms with E-state index in [1.54, 1.807) is 19.2 Å². The molecule has 1 aromatic heterocycles. The van der Waals surface area contributed by atoms with Crippen molar-refractivity contribution in [1.82, 2.24) is 25.9 Å². The van der Waals surface area contributed by atoms with Gasteiger partial charge in [0, 0.05) is 32.0 Å². The Labute approximate surface area is 150 Å². The molecule has 1 aromatic carbocycles. The Kier molecular flexibility index (Phi) is 8.45. The van der Waals surface area contributed by atoms with Crippen LogP contribution in [-0.4, -0.2) is 41.9 Å². The van der Waals surface area contributed by atoms with E-state index in [1.807, 2.05) is 0 Å². The fraction of sp³-hybridized carbons (Fsp3) is 0.250. The molecular weight excluding hydrogens is 349 g/mol. The number of hydrogen-bond acceptors (Lipinski definition) is 5. The van der Waals surface area contributed by atoms with Gasteiger partial charge in [0.1, 0.15) is 5.82 Å². The Morgan fingerprint density at radius 3 is 2.08 bits per heavy atom. The maximum atomic E-state index is 12.9. The molecule has 134 valence electrons. The van der Waals surface area contributed by atoms with Gasteiger partial charge in [0.05, 0.1) is 0 Å². The molecule has 3 N–H and O–H groups in total. The third kappa shape index (κ3) is 6.09. The molecule has 0 bridgehead atoms. The summed E-state index contributed by atoms with van der Waals surface area (Å²) in [6, 6.07) is 5.75. The highest BCUT2D eigenvalue weighted by atomic mass is 35.5. The monoisotopic (exact) mass is 367 g/mol. The predicted molar refractivity (Wildman–Crippen MR) is 93.1 cm³/mol. The van der Waals surface area contributed by atoms with Crippen molar-refractivity contribution < 1.29 is 14.0 Å². The Hall–Kier alpha value is -2.58. The number of likely N-dealkylation sites (N-methyl/N-ethyl adjacent to an activating group) is 1. The van der Waals surface area contributed by atoms with Crippen molar-refractivity contribution in [1.29, 1.82) is 0 Å². The van der Waals surface area contributed by atoms with Crippen LogP contribution >= 0.6 is 12.4 Å². The molecule has 9 heteroatoms. The van der Waals surface area contributed by atoms with Gasteiger partial charge in [-0.25, -0.2) is 14.4 Å². The van der Waals surface area contributed by atoms with Crippen LogP contribution < -0.4 is 16.0 Å². The summed E-state index contributed by atoms with van der Waals surface area (Å²) in [5.74, 6) is -1.34. The van der Waals surface area contributed by atoms with Crippen LogP contribution in [0.4, 0.5) is 4.39 Å². The number of carbonyl (C=O) groups excluding carboxylic acids is 2. The van der Waals surface area contributed by atoms with E-state index in [9.17, 15) is 14.0 Å². The van der Waals surface area contributed by atoms with Gasteiger partial charge in [-0.3, -0.25) is 9.59 Å². The van der Waals surface area contributed by atoms with Gasteiger partial charge in [-0.05, 0) is 24.7 Å². The minimum absolute atomic E-state index is 0. The molecule has 0 atom stereocenters. The molecule has 0 aliphatic rings. The smallest absolute Gasteiger partial charge is 0.272 e. The van der Waals surface area contributed by atoms with Gasteiger partial charge in [-0.15, -0.1) is 12.4 Å². The number of aromatic nitrogens is 2. The Balaban J connectivity index is 0.00000312. The Morgan fingerprint density at radius 1 is 0.960 bits per heavy atom. The van der Waals surface area contributed by atoms with Gasteiger partial charge >= 0.3 is 0 Å². The lowest BCUT2D eigenvalue weighted by Crippen LogP contribution is -2.34. The second-order valence-electron chi connectivity index (χ2n) is 4.92. The highest BCUT2D eigenvalue weighted by Gasteiger charge is 2.19. The van der Waals surface area contributed by atoms with E-state index in [1.165, 1.54) is 24.5 Å². The zero-order chi connectivity index (χ0) is 17.4. The molecule has 0 fully saturated rings. The van der Waals surface area contributed by atoms with E-state index in [0.717, 1.165) is 5.56 Å². The summed E-state index contributed by atoms with van der Waals surface area (Å²) in [5.41, 5.74) is 0.639. The Morgan fingerprint density at radius 2 is 1.52 bits per heavy atom. The maximum absolute atomic E-state index is 12.9. The molecule has 0 spiro atoms. The number of nitrogens with one attached hydrogen (secondary N) is 3. The zero-order valence-electron chi connectivity index (χ0n) is 13.6. The zero-order valence-corrected chi connectivity index (χ0v) is 14.4. The molecule has 0 saturated heterocycles. The van der Waals surface area contributed by atoms with Crippen molar-refractivity contribution in [2.24, 2.45) is 0 Å². The molecule has 0 aliphatic carbocycles. The predicted octanol–water partition coefficient (Wildman–Crippen LogP) is 0.917. The molecule has 0 saturated carbocycles. The van der Waals surface area contributed by atoms with Crippen LogP contribution in [0.5, 0.6) is 0 Å². The first kappa shape index (κ1) is 20.5. The second kappa shape index (κ2) is 10.3. The van der Waals surface area contributed by atoms with Gasteiger partial charge in [-0.2, -0.15) is 0 Å². The molecule has 0 aliphatic heterocycles. The van der Waals surface area contributed by atoms with E-state index in [4.69, 9.17) is 0 Å². The van der Waals surface area contributed by atoms with Crippen LogP contribution in [0.1, 0.15) is 26.5 Å². The lowest BCUT2D eigenvalue weighted by molar-refractivity contribution is 0.0910. The van der Waals surface area contributed by atoms with Crippen LogP contribution in [0.25, 0.3) is 0 Å². The topological polar surface area (TPSA) is 96.0 Å². The first-order valence-electron chi connectivity index (χ1n) is 7.38. The van der Waals surface area contributed by atoms with E-state index < -0.39 is 11.8 Å². The summed E-state index contributed by atoms with van der Waals surface area (Å²) < 4.78 is 12.9. The number of carbonyl (C=O) groups is 2. The summed E-state index contributed by atoms with van der Waals surface area (Å²) in [6.45, 7) is 1.19. The van der Waals surface area contributed by atoms with Crippen molar-refractivity contribution in [3.05, 3.63) is 59.4 Å². The molecule has 25 heavy (non-hydrogen) atoms. The number of halogens is 2. The first-order chi connectivity index (χ1) is 11.6. The van der Waals surface area contributed by atoms with Gasteiger partial charge < -0.3 is 16.0 Å². The van der Waals surface area contributed by atoms with Crippen molar-refractivity contribution >= 4 is 24.2 Å². The standard InChI is InChI=1S/C16H18FN5O2.ClH/c1-18-6-7-21-15(23)13-14(20-9-8-19-13)16(24)22-10-11-2-4-12(17)5-3-11;/h2-5,8-9,18H,6-7,10H2,1H3,(H,21,23)(H,22,24);1H. The molecule has 2 rings (SSSR count). The molecule has 2 aromatic rings. The third-order valence-corrected chi connectivity index (χ3v) is 3.16. The number of benzene rings is 1. The number of nitrogens with zero attached hydrogens (tertiary/aromatic N) is 2. The minimum atomic E-state index is -0.522. The number of rotatable bonds is 7. The van der Waals surface area contributed by atoms with Crippen molar-refractivity contribution in [2.75, 3.05) is 20.1 Å². The normalized spacial score (nSPS) is 9.84. The Bertz CT molecular complexity index is 712. The number of amides is 2. The third-order valence-electron chi connectivity index (χ3n) is 3.16. The lowest BCUT2D eigenvalue weighted by Gasteiger charge is -2.09. The van der Waals surface area contributed by atoms with Crippen LogP contribution in [0, 0.1) is 5.82 Å². The average Bonchev–Trinajstić information content (AvgIpc) is 2.61. The van der Waals surface area contributed by atoms with Crippen LogP contribution in [-0.2, 0) is 6.54 Å². The van der Waals surface area contributed by atoms with Gasteiger partial charge in [0.15, 0.2) is 11.4 Å². The van der Waals surface area contributed by atoms with E-state index in [2.05, 4.69) is 25.9 Å². The number of hydrogen-bond donors (Lipinski definition) is 3. The van der Waals surface area contributed by atoms with Crippen LogP contribution in [0.15, 0.2) is 36.7 Å². The lowest BCUT2D eigenvalue weighted by atomic mass is 10.2. The molecular formula is C16H19ClFN5O2. The van der Waals surface area contributed by atoms with Gasteiger partial charge in [-0.1, -0.05) is 12.1 Å². The largest absolute Gasteiger partial charge is 0.349 e. The first-order valence-corrected chi connectivity index (χ1v) is 7.38. The van der Waals surface area contributed by atoms with Crippen LogP contribution in [0.3, 0.4) is 0 Å². The maximum Gasteiger partial charge on any atom is 0.272 e. The highest BCUT2D eigenvalue weighted by molar-refractivity contribution is 6.04. The van der Waals surface area contributed by atoms with Gasteiger partial charge in [0.2, 0.25) is 0 Å².